The summed E-state index contributed by atoms with van der Waals surface area (Å²) >= 11 is 11.1. The third-order valence-electron chi connectivity index (χ3n) is 10.7. The van der Waals surface area contributed by atoms with E-state index in [1.165, 1.54) is 128 Å². The summed E-state index contributed by atoms with van der Waals surface area (Å²) in [6.07, 6.45) is 33.3. The summed E-state index contributed by atoms with van der Waals surface area (Å²) in [5, 5.41) is -0.360. The lowest BCUT2D eigenvalue weighted by atomic mass is 9.54. The molecule has 4 heteroatoms. The molecular formula is C36H64Cl2O2. The Balaban J connectivity index is 2.00. The summed E-state index contributed by atoms with van der Waals surface area (Å²) in [4.78, 5) is 22.2. The molecule has 2 fully saturated rings. The van der Waals surface area contributed by atoms with Crippen molar-refractivity contribution in [2.75, 3.05) is 0 Å². The molecule has 0 radical (unpaired) electrons. The molecule has 0 amide bonds. The van der Waals surface area contributed by atoms with Crippen LogP contribution in [0.1, 0.15) is 181 Å². The lowest BCUT2D eigenvalue weighted by Gasteiger charge is -2.51. The van der Waals surface area contributed by atoms with Crippen LogP contribution in [0.15, 0.2) is 0 Å². The van der Waals surface area contributed by atoms with Crippen molar-refractivity contribution < 1.29 is 9.59 Å². The number of carbonyl (C=O) groups is 2. The maximum atomic E-state index is 11.1. The SMILES string of the molecule is CCCCCCC1CC2CCC(CCCCCCC(=O)Cl)C(CCCCCCC(=O)Cl)C2CC1CCCCCC. The Kier molecular flexibility index (Phi) is 20.3. The highest BCUT2D eigenvalue weighted by Crippen LogP contribution is 2.54. The molecule has 0 aromatic rings. The van der Waals surface area contributed by atoms with Crippen LogP contribution in [0.5, 0.6) is 0 Å². The molecule has 2 aliphatic rings. The summed E-state index contributed by atoms with van der Waals surface area (Å²) in [6.45, 7) is 4.66. The van der Waals surface area contributed by atoms with Crippen LogP contribution in [0.25, 0.3) is 0 Å². The minimum Gasteiger partial charge on any atom is -0.281 e. The van der Waals surface area contributed by atoms with Crippen molar-refractivity contribution >= 4 is 33.7 Å². The number of fused-ring (bicyclic) bond motifs is 1. The fourth-order valence-electron chi connectivity index (χ4n) is 8.54. The highest BCUT2D eigenvalue weighted by atomic mass is 35.5. The molecule has 0 saturated heterocycles. The van der Waals surface area contributed by atoms with Gasteiger partial charge in [-0.3, -0.25) is 9.59 Å². The van der Waals surface area contributed by atoms with Crippen molar-refractivity contribution in [1.29, 1.82) is 0 Å². The van der Waals surface area contributed by atoms with Gasteiger partial charge in [-0.05, 0) is 104 Å². The number of hydrogen-bond acceptors (Lipinski definition) is 2. The van der Waals surface area contributed by atoms with Gasteiger partial charge < -0.3 is 0 Å². The molecule has 2 saturated carbocycles. The summed E-state index contributed by atoms with van der Waals surface area (Å²) in [6, 6.07) is 0. The largest absolute Gasteiger partial charge is 0.281 e. The quantitative estimate of drug-likeness (QED) is 0.0817. The lowest BCUT2D eigenvalue weighted by molar-refractivity contribution is -0.112. The minimum atomic E-state index is -0.181. The van der Waals surface area contributed by atoms with Crippen molar-refractivity contribution in [3.8, 4) is 0 Å². The molecule has 0 spiro atoms. The maximum Gasteiger partial charge on any atom is 0.221 e. The Bertz CT molecular complexity index is 665. The average molecular weight is 600 g/mol. The van der Waals surface area contributed by atoms with E-state index in [0.29, 0.717) is 12.8 Å². The molecule has 2 rings (SSSR count). The Hall–Kier alpha value is -0.0800. The molecule has 234 valence electrons. The molecule has 2 nitrogen and oxygen atoms in total. The molecular weight excluding hydrogens is 535 g/mol. The summed E-state index contributed by atoms with van der Waals surface area (Å²) < 4.78 is 0. The predicted octanol–water partition coefficient (Wildman–Crippen LogP) is 12.4. The van der Waals surface area contributed by atoms with Crippen LogP contribution in [0.2, 0.25) is 0 Å². The molecule has 6 atom stereocenters. The molecule has 40 heavy (non-hydrogen) atoms. The van der Waals surface area contributed by atoms with E-state index < -0.39 is 0 Å². The van der Waals surface area contributed by atoms with Gasteiger partial charge in [0.2, 0.25) is 10.5 Å². The van der Waals surface area contributed by atoms with E-state index in [1.54, 1.807) is 0 Å². The van der Waals surface area contributed by atoms with Gasteiger partial charge in [-0.1, -0.05) is 123 Å². The van der Waals surface area contributed by atoms with E-state index in [2.05, 4.69) is 13.8 Å². The van der Waals surface area contributed by atoms with Crippen LogP contribution < -0.4 is 0 Å². The van der Waals surface area contributed by atoms with Crippen molar-refractivity contribution in [1.82, 2.24) is 0 Å². The maximum absolute atomic E-state index is 11.1. The topological polar surface area (TPSA) is 34.1 Å². The zero-order chi connectivity index (χ0) is 29.0. The van der Waals surface area contributed by atoms with E-state index in [-0.39, 0.29) is 10.5 Å². The number of unbranched alkanes of at least 4 members (excludes halogenated alkanes) is 12. The van der Waals surface area contributed by atoms with Crippen LogP contribution in [0, 0.1) is 35.5 Å². The minimum absolute atomic E-state index is 0.179. The normalized spacial score (nSPS) is 26.5. The number of halogens is 2. The first kappa shape index (κ1) is 36.1. The van der Waals surface area contributed by atoms with Gasteiger partial charge in [-0.15, -0.1) is 0 Å². The standard InChI is InChI=1S/C36H64Cl2O2/c1-3-5-7-13-20-30-27-32-26-25-29(19-15-9-11-17-23-35(37)39)33(22-16-10-12-18-24-36(38)40)34(32)28-31(30)21-14-8-6-4-2/h29-34H,3-28H2,1-2H3. The second-order valence-corrected chi connectivity index (χ2v) is 14.6. The Labute approximate surface area is 258 Å². The summed E-state index contributed by atoms with van der Waals surface area (Å²) in [7, 11) is 0. The van der Waals surface area contributed by atoms with E-state index in [4.69, 9.17) is 23.2 Å². The van der Waals surface area contributed by atoms with E-state index in [0.717, 1.165) is 61.2 Å². The third kappa shape index (κ3) is 14.9. The molecule has 0 N–H and O–H groups in total. The van der Waals surface area contributed by atoms with Gasteiger partial charge in [0.1, 0.15) is 0 Å². The summed E-state index contributed by atoms with van der Waals surface area (Å²) in [5.41, 5.74) is 0. The molecule has 0 aromatic carbocycles. The van der Waals surface area contributed by atoms with Crippen LogP contribution in [0.4, 0.5) is 0 Å². The number of rotatable bonds is 24. The van der Waals surface area contributed by atoms with Gasteiger partial charge in [-0.25, -0.2) is 0 Å². The first-order chi connectivity index (χ1) is 19.5. The lowest BCUT2D eigenvalue weighted by Crippen LogP contribution is -2.42. The van der Waals surface area contributed by atoms with Gasteiger partial charge in [0.15, 0.2) is 0 Å². The van der Waals surface area contributed by atoms with Gasteiger partial charge in [0, 0.05) is 12.8 Å². The monoisotopic (exact) mass is 598 g/mol. The zero-order valence-corrected chi connectivity index (χ0v) is 27.9. The number of carbonyl (C=O) groups excluding carboxylic acids is 2. The van der Waals surface area contributed by atoms with Crippen molar-refractivity contribution in [3.63, 3.8) is 0 Å². The van der Waals surface area contributed by atoms with Gasteiger partial charge in [0.05, 0.1) is 0 Å². The van der Waals surface area contributed by atoms with Gasteiger partial charge >= 0.3 is 0 Å². The molecule has 0 aliphatic heterocycles. The predicted molar refractivity (Wildman–Crippen MR) is 174 cm³/mol. The van der Waals surface area contributed by atoms with Crippen LogP contribution in [-0.4, -0.2) is 10.5 Å². The smallest absolute Gasteiger partial charge is 0.221 e. The zero-order valence-electron chi connectivity index (χ0n) is 26.4. The second kappa shape index (κ2) is 22.5. The molecule has 6 unspecified atom stereocenters. The first-order valence-corrected chi connectivity index (χ1v) is 18.6. The second-order valence-electron chi connectivity index (χ2n) is 13.7. The fourth-order valence-corrected chi connectivity index (χ4v) is 8.81. The Morgan fingerprint density at radius 3 is 1.50 bits per heavy atom. The fraction of sp³-hybridized carbons (Fsp3) is 0.944. The van der Waals surface area contributed by atoms with Gasteiger partial charge in [-0.2, -0.15) is 0 Å². The van der Waals surface area contributed by atoms with E-state index >= 15 is 0 Å². The van der Waals surface area contributed by atoms with E-state index in [1.807, 2.05) is 0 Å². The molecule has 2 aliphatic carbocycles. The molecule has 0 aromatic heterocycles. The Morgan fingerprint density at radius 2 is 0.975 bits per heavy atom. The molecule has 0 bridgehead atoms. The van der Waals surface area contributed by atoms with Crippen molar-refractivity contribution in [3.05, 3.63) is 0 Å². The molecule has 0 heterocycles. The third-order valence-corrected chi connectivity index (χ3v) is 11.1. The highest BCUT2D eigenvalue weighted by Gasteiger charge is 2.44. The van der Waals surface area contributed by atoms with Crippen molar-refractivity contribution in [2.45, 2.75) is 181 Å². The van der Waals surface area contributed by atoms with Crippen LogP contribution in [0.3, 0.4) is 0 Å². The van der Waals surface area contributed by atoms with Crippen molar-refractivity contribution in [2.24, 2.45) is 35.5 Å². The van der Waals surface area contributed by atoms with Crippen LogP contribution in [-0.2, 0) is 9.59 Å². The Morgan fingerprint density at radius 1 is 0.525 bits per heavy atom. The van der Waals surface area contributed by atoms with Crippen LogP contribution >= 0.6 is 23.2 Å². The van der Waals surface area contributed by atoms with Gasteiger partial charge in [0.25, 0.3) is 0 Å². The first-order valence-electron chi connectivity index (χ1n) is 17.8. The summed E-state index contributed by atoms with van der Waals surface area (Å²) in [5.74, 6) is 5.64. The average Bonchev–Trinajstić information content (AvgIpc) is 2.93. The number of hydrogen-bond donors (Lipinski definition) is 0. The highest BCUT2D eigenvalue weighted by molar-refractivity contribution is 6.63. The van der Waals surface area contributed by atoms with E-state index in [9.17, 15) is 9.59 Å².